The Kier molecular flexibility index (Phi) is 4.66. The molecule has 1 heteroatoms. The number of hydrogen-bond donors (Lipinski definition) is 0. The lowest BCUT2D eigenvalue weighted by Gasteiger charge is -2.09. The quantitative estimate of drug-likeness (QED) is 0.721. The average molecular weight is 254 g/mol. The third-order valence-electron chi connectivity index (χ3n) is 2.63. The van der Waals surface area contributed by atoms with Crippen molar-refractivity contribution in [2.45, 2.75) is 19.1 Å². The highest BCUT2D eigenvalue weighted by atomic mass is 32.2. The van der Waals surface area contributed by atoms with Crippen LogP contribution in [0.2, 0.25) is 0 Å². The molecule has 0 aromatic heterocycles. The fourth-order valence-corrected chi connectivity index (χ4v) is 2.42. The largest absolute Gasteiger partial charge is 0.131 e. The van der Waals surface area contributed by atoms with Crippen molar-refractivity contribution in [2.24, 2.45) is 0 Å². The smallest absolute Gasteiger partial charge is 0.00320 e. The Labute approximate surface area is 114 Å². The van der Waals surface area contributed by atoms with Gasteiger partial charge in [-0.3, -0.25) is 0 Å². The van der Waals surface area contributed by atoms with Crippen LogP contribution in [-0.4, -0.2) is 5.25 Å². The first kappa shape index (κ1) is 13.0. The van der Waals surface area contributed by atoms with Gasteiger partial charge in [0.05, 0.1) is 0 Å². The number of rotatable bonds is 4. The Bertz CT molecular complexity index is 456. The van der Waals surface area contributed by atoms with E-state index in [9.17, 15) is 0 Å². The molecule has 0 aliphatic heterocycles. The van der Waals surface area contributed by atoms with Gasteiger partial charge in [-0.2, -0.15) is 0 Å². The highest BCUT2D eigenvalue weighted by Crippen LogP contribution is 2.27. The molecule has 2 aromatic rings. The molecule has 92 valence electrons. The van der Waals surface area contributed by atoms with Crippen LogP contribution in [0.25, 0.3) is 5.57 Å². The topological polar surface area (TPSA) is 0 Å². The molecule has 0 fully saturated rings. The molecular weight excluding hydrogens is 236 g/mol. The van der Waals surface area contributed by atoms with E-state index in [1.54, 1.807) is 0 Å². The Morgan fingerprint density at radius 3 is 1.67 bits per heavy atom. The number of hydrogen-bond acceptors (Lipinski definition) is 1. The molecule has 2 rings (SSSR count). The highest BCUT2D eigenvalue weighted by Gasteiger charge is 2.04. The van der Waals surface area contributed by atoms with E-state index in [2.05, 4.69) is 79.9 Å². The summed E-state index contributed by atoms with van der Waals surface area (Å²) in [6.45, 7) is 4.43. The van der Waals surface area contributed by atoms with E-state index in [1.165, 1.54) is 16.7 Å². The fourth-order valence-electron chi connectivity index (χ4n) is 1.74. The van der Waals surface area contributed by atoms with Gasteiger partial charge in [0.25, 0.3) is 0 Å². The van der Waals surface area contributed by atoms with Crippen molar-refractivity contribution in [1.82, 2.24) is 0 Å². The summed E-state index contributed by atoms with van der Waals surface area (Å²) in [5.41, 5.74) is 3.85. The molecule has 0 aliphatic carbocycles. The summed E-state index contributed by atoms with van der Waals surface area (Å²) in [5.74, 6) is 0. The van der Waals surface area contributed by atoms with Crippen LogP contribution in [0.15, 0.2) is 66.1 Å². The molecule has 0 bridgehead atoms. The second kappa shape index (κ2) is 6.46. The number of thioether (sulfide) groups is 1. The van der Waals surface area contributed by atoms with Gasteiger partial charge < -0.3 is 0 Å². The van der Waals surface area contributed by atoms with Crippen molar-refractivity contribution in [2.75, 3.05) is 0 Å². The third kappa shape index (κ3) is 3.51. The van der Waals surface area contributed by atoms with Gasteiger partial charge in [0, 0.05) is 5.25 Å². The van der Waals surface area contributed by atoms with E-state index in [1.807, 2.05) is 11.8 Å². The molecule has 2 aromatic carbocycles. The van der Waals surface area contributed by atoms with Crippen molar-refractivity contribution in [3.8, 4) is 0 Å². The van der Waals surface area contributed by atoms with Crippen LogP contribution < -0.4 is 0 Å². The minimum absolute atomic E-state index is 0.604. The Morgan fingerprint density at radius 2 is 1.28 bits per heavy atom. The lowest BCUT2D eigenvalue weighted by Crippen LogP contribution is -1.89. The minimum atomic E-state index is 0.604. The second-order valence-corrected chi connectivity index (χ2v) is 5.90. The van der Waals surface area contributed by atoms with Crippen LogP contribution in [0.4, 0.5) is 0 Å². The molecular formula is C17H18S. The molecule has 0 spiro atoms. The van der Waals surface area contributed by atoms with Gasteiger partial charge in [0.2, 0.25) is 0 Å². The maximum absolute atomic E-state index is 2.27. The van der Waals surface area contributed by atoms with E-state index in [-0.39, 0.29) is 0 Å². The molecule has 0 unspecified atom stereocenters. The zero-order valence-electron chi connectivity index (χ0n) is 10.8. The average Bonchev–Trinajstić information content (AvgIpc) is 2.41. The van der Waals surface area contributed by atoms with E-state index in [4.69, 9.17) is 0 Å². The Hall–Kier alpha value is -1.47. The molecule has 0 aliphatic rings. The lowest BCUT2D eigenvalue weighted by molar-refractivity contribution is 1.12. The van der Waals surface area contributed by atoms with Crippen molar-refractivity contribution in [3.63, 3.8) is 0 Å². The van der Waals surface area contributed by atoms with Crippen LogP contribution in [0.5, 0.6) is 0 Å². The maximum Gasteiger partial charge on any atom is 0.00320 e. The van der Waals surface area contributed by atoms with Gasteiger partial charge in [0.1, 0.15) is 0 Å². The summed E-state index contributed by atoms with van der Waals surface area (Å²) in [6.07, 6.45) is 0. The summed E-state index contributed by atoms with van der Waals surface area (Å²) in [7, 11) is 0. The zero-order chi connectivity index (χ0) is 12.8. The van der Waals surface area contributed by atoms with Gasteiger partial charge in [0.15, 0.2) is 0 Å². The molecule has 0 nitrogen and oxygen atoms in total. The van der Waals surface area contributed by atoms with Gasteiger partial charge in [-0.15, -0.1) is 11.8 Å². The SMILES string of the molecule is CC(C)SC=C(c1ccccc1)c1ccccc1. The maximum atomic E-state index is 2.27. The summed E-state index contributed by atoms with van der Waals surface area (Å²) in [5, 5.41) is 2.88. The summed E-state index contributed by atoms with van der Waals surface area (Å²) in [4.78, 5) is 0. The van der Waals surface area contributed by atoms with Crippen molar-refractivity contribution >= 4 is 17.3 Å². The first-order chi connectivity index (χ1) is 8.77. The lowest BCUT2D eigenvalue weighted by atomic mass is 10.00. The first-order valence-electron chi connectivity index (χ1n) is 6.24. The molecule has 18 heavy (non-hydrogen) atoms. The third-order valence-corrected chi connectivity index (χ3v) is 3.54. The Balaban J connectivity index is 2.39. The predicted octanol–water partition coefficient (Wildman–Crippen LogP) is 5.22. The van der Waals surface area contributed by atoms with Gasteiger partial charge in [-0.25, -0.2) is 0 Å². The molecule has 0 atom stereocenters. The summed E-state index contributed by atoms with van der Waals surface area (Å²) >= 11 is 1.87. The first-order valence-corrected chi connectivity index (χ1v) is 7.18. The summed E-state index contributed by atoms with van der Waals surface area (Å²) in [6, 6.07) is 21.1. The van der Waals surface area contributed by atoms with Crippen LogP contribution in [0, 0.1) is 0 Å². The fraction of sp³-hybridized carbons (Fsp3) is 0.176. The van der Waals surface area contributed by atoms with Crippen molar-refractivity contribution in [3.05, 3.63) is 77.2 Å². The standard InChI is InChI=1S/C17H18S/c1-14(2)18-13-17(15-9-5-3-6-10-15)16-11-7-4-8-12-16/h3-14H,1-2H3. The van der Waals surface area contributed by atoms with E-state index >= 15 is 0 Å². The minimum Gasteiger partial charge on any atom is -0.131 e. The van der Waals surface area contributed by atoms with Crippen LogP contribution in [0.1, 0.15) is 25.0 Å². The normalized spacial score (nSPS) is 10.4. The molecule has 0 amide bonds. The van der Waals surface area contributed by atoms with E-state index in [0.717, 1.165) is 0 Å². The monoisotopic (exact) mass is 254 g/mol. The van der Waals surface area contributed by atoms with Gasteiger partial charge in [-0.1, -0.05) is 74.5 Å². The molecule has 0 saturated heterocycles. The van der Waals surface area contributed by atoms with Gasteiger partial charge >= 0.3 is 0 Å². The molecule has 0 saturated carbocycles. The predicted molar refractivity (Wildman–Crippen MR) is 82.7 cm³/mol. The number of benzene rings is 2. The van der Waals surface area contributed by atoms with E-state index in [0.29, 0.717) is 5.25 Å². The second-order valence-electron chi connectivity index (χ2n) is 4.45. The molecule has 0 heterocycles. The summed E-state index contributed by atoms with van der Waals surface area (Å²) < 4.78 is 0. The highest BCUT2D eigenvalue weighted by molar-refractivity contribution is 8.02. The van der Waals surface area contributed by atoms with Crippen LogP contribution >= 0.6 is 11.8 Å². The zero-order valence-corrected chi connectivity index (χ0v) is 11.7. The van der Waals surface area contributed by atoms with E-state index < -0.39 is 0 Å². The Morgan fingerprint density at radius 1 is 0.833 bits per heavy atom. The van der Waals surface area contributed by atoms with Crippen molar-refractivity contribution in [1.29, 1.82) is 0 Å². The van der Waals surface area contributed by atoms with Gasteiger partial charge in [-0.05, 0) is 22.1 Å². The molecule has 0 N–H and O–H groups in total. The van der Waals surface area contributed by atoms with Crippen molar-refractivity contribution < 1.29 is 0 Å². The van der Waals surface area contributed by atoms with Crippen LogP contribution in [-0.2, 0) is 0 Å². The van der Waals surface area contributed by atoms with Crippen LogP contribution in [0.3, 0.4) is 0 Å². The molecule has 0 radical (unpaired) electrons.